The van der Waals surface area contributed by atoms with E-state index in [1.165, 1.54) is 17.7 Å². The van der Waals surface area contributed by atoms with Crippen LogP contribution in [-0.4, -0.2) is 52.0 Å². The molecule has 31 heavy (non-hydrogen) atoms. The Morgan fingerprint density at radius 1 is 1.13 bits per heavy atom. The first-order valence-corrected chi connectivity index (χ1v) is 12.2. The predicted molar refractivity (Wildman–Crippen MR) is 121 cm³/mol. The number of carbonyl (C=O) groups is 1. The summed E-state index contributed by atoms with van der Waals surface area (Å²) in [5.74, 6) is -0.0751. The molecule has 1 saturated heterocycles. The number of sulfonamides is 1. The van der Waals surface area contributed by atoms with Crippen LogP contribution in [0.15, 0.2) is 59.5 Å². The van der Waals surface area contributed by atoms with Gasteiger partial charge in [-0.05, 0) is 49.2 Å². The van der Waals surface area contributed by atoms with Gasteiger partial charge in [-0.2, -0.15) is 0 Å². The lowest BCUT2D eigenvalue weighted by atomic mass is 10.1. The molecule has 3 rings (SSSR count). The summed E-state index contributed by atoms with van der Waals surface area (Å²) in [6.07, 6.45) is 1.98. The summed E-state index contributed by atoms with van der Waals surface area (Å²) in [6, 6.07) is 16.4. The summed E-state index contributed by atoms with van der Waals surface area (Å²) in [4.78, 5) is 14.1. The third-order valence-corrected chi connectivity index (χ3v) is 6.67. The van der Waals surface area contributed by atoms with Crippen molar-refractivity contribution < 1.29 is 17.9 Å². The highest BCUT2D eigenvalue weighted by Gasteiger charge is 2.21. The van der Waals surface area contributed by atoms with Gasteiger partial charge in [-0.3, -0.25) is 9.69 Å². The van der Waals surface area contributed by atoms with Gasteiger partial charge in [-0.25, -0.2) is 13.1 Å². The summed E-state index contributed by atoms with van der Waals surface area (Å²) in [5.41, 5.74) is 1.76. The summed E-state index contributed by atoms with van der Waals surface area (Å²) < 4.78 is 33.6. The van der Waals surface area contributed by atoms with E-state index in [9.17, 15) is 13.2 Å². The van der Waals surface area contributed by atoms with E-state index >= 15 is 0 Å². The number of ether oxygens (including phenoxy) is 1. The van der Waals surface area contributed by atoms with E-state index in [2.05, 4.69) is 27.1 Å². The molecule has 0 aromatic heterocycles. The topological polar surface area (TPSA) is 87.7 Å². The van der Waals surface area contributed by atoms with Crippen molar-refractivity contribution in [2.45, 2.75) is 37.2 Å². The maximum absolute atomic E-state index is 12.5. The summed E-state index contributed by atoms with van der Waals surface area (Å²) in [6.45, 7) is 5.43. The average Bonchev–Trinajstić information content (AvgIpc) is 2.78. The van der Waals surface area contributed by atoms with Crippen molar-refractivity contribution in [1.82, 2.24) is 9.62 Å². The lowest BCUT2D eigenvalue weighted by Crippen LogP contribution is -2.39. The van der Waals surface area contributed by atoms with Gasteiger partial charge in [0.15, 0.2) is 0 Å². The highest BCUT2D eigenvalue weighted by Crippen LogP contribution is 2.22. The molecule has 1 fully saturated rings. The van der Waals surface area contributed by atoms with Gasteiger partial charge in [0.05, 0.1) is 17.6 Å². The molecule has 1 heterocycles. The highest BCUT2D eigenvalue weighted by molar-refractivity contribution is 7.89. The van der Waals surface area contributed by atoms with E-state index in [-0.39, 0.29) is 16.9 Å². The minimum absolute atomic E-state index is 0.0583. The number of morpholine rings is 1. The van der Waals surface area contributed by atoms with Gasteiger partial charge in [0.25, 0.3) is 0 Å². The molecular formula is C23H31N3O4S. The molecule has 7 nitrogen and oxygen atoms in total. The van der Waals surface area contributed by atoms with Crippen molar-refractivity contribution in [3.63, 3.8) is 0 Å². The van der Waals surface area contributed by atoms with E-state index in [0.29, 0.717) is 31.7 Å². The third kappa shape index (κ3) is 7.14. The van der Waals surface area contributed by atoms with E-state index in [4.69, 9.17) is 4.74 Å². The molecule has 1 unspecified atom stereocenters. The molecule has 0 radical (unpaired) electrons. The zero-order valence-electron chi connectivity index (χ0n) is 17.9. The monoisotopic (exact) mass is 445 g/mol. The number of rotatable bonds is 10. The zero-order chi connectivity index (χ0) is 22.1. The Balaban J connectivity index is 1.43. The summed E-state index contributed by atoms with van der Waals surface area (Å²) in [7, 11) is -3.58. The van der Waals surface area contributed by atoms with Crippen molar-refractivity contribution in [1.29, 1.82) is 0 Å². The van der Waals surface area contributed by atoms with Crippen LogP contribution >= 0.6 is 0 Å². The standard InChI is InChI=1S/C23H31N3O4S/c1-2-7-23(27)25-20-10-12-21(13-11-20)31(28,29)24-14-6-15-26-16-17-30-22(18-26)19-8-4-3-5-9-19/h3-5,8-13,22,24H,2,6-7,14-18H2,1H3,(H,25,27). The molecule has 1 amide bonds. The predicted octanol–water partition coefficient (Wildman–Crippen LogP) is 3.17. The van der Waals surface area contributed by atoms with Crippen LogP contribution in [0.3, 0.4) is 0 Å². The minimum atomic E-state index is -3.58. The molecule has 0 saturated carbocycles. The number of amides is 1. The fourth-order valence-electron chi connectivity index (χ4n) is 3.54. The summed E-state index contributed by atoms with van der Waals surface area (Å²) in [5, 5.41) is 2.76. The molecular weight excluding hydrogens is 414 g/mol. The number of hydrogen-bond acceptors (Lipinski definition) is 5. The fourth-order valence-corrected chi connectivity index (χ4v) is 4.61. The largest absolute Gasteiger partial charge is 0.371 e. The molecule has 0 aliphatic carbocycles. The number of nitrogens with zero attached hydrogens (tertiary/aromatic N) is 1. The first kappa shape index (κ1) is 23.4. The fraction of sp³-hybridized carbons (Fsp3) is 0.435. The van der Waals surface area contributed by atoms with E-state index in [1.54, 1.807) is 12.1 Å². The molecule has 0 spiro atoms. The third-order valence-electron chi connectivity index (χ3n) is 5.19. The molecule has 2 aromatic carbocycles. The van der Waals surface area contributed by atoms with Crippen LogP contribution in [0.4, 0.5) is 5.69 Å². The smallest absolute Gasteiger partial charge is 0.240 e. The van der Waals surface area contributed by atoms with Gasteiger partial charge in [-0.1, -0.05) is 37.3 Å². The molecule has 168 valence electrons. The Morgan fingerprint density at radius 3 is 2.58 bits per heavy atom. The Bertz CT molecular complexity index is 933. The molecule has 1 atom stereocenters. The van der Waals surface area contributed by atoms with Crippen LogP contribution in [-0.2, 0) is 19.6 Å². The Labute approximate surface area is 184 Å². The Morgan fingerprint density at radius 2 is 1.87 bits per heavy atom. The lowest BCUT2D eigenvalue weighted by molar-refractivity contribution is -0.116. The molecule has 8 heteroatoms. The molecule has 2 N–H and O–H groups in total. The number of anilines is 1. The van der Waals surface area contributed by atoms with E-state index in [0.717, 1.165) is 26.1 Å². The van der Waals surface area contributed by atoms with Gasteiger partial charge in [-0.15, -0.1) is 0 Å². The van der Waals surface area contributed by atoms with Gasteiger partial charge in [0.2, 0.25) is 15.9 Å². The van der Waals surface area contributed by atoms with Gasteiger partial charge in [0.1, 0.15) is 0 Å². The normalized spacial score (nSPS) is 17.4. The first-order valence-electron chi connectivity index (χ1n) is 10.8. The van der Waals surface area contributed by atoms with Crippen molar-refractivity contribution in [2.24, 2.45) is 0 Å². The van der Waals surface area contributed by atoms with Crippen LogP contribution < -0.4 is 10.0 Å². The van der Waals surface area contributed by atoms with E-state index in [1.807, 2.05) is 25.1 Å². The van der Waals surface area contributed by atoms with Crippen LogP contribution in [0.1, 0.15) is 37.9 Å². The number of hydrogen-bond donors (Lipinski definition) is 2. The minimum Gasteiger partial charge on any atom is -0.371 e. The van der Waals surface area contributed by atoms with Crippen LogP contribution in [0.2, 0.25) is 0 Å². The molecule has 2 aromatic rings. The highest BCUT2D eigenvalue weighted by atomic mass is 32.2. The summed E-state index contributed by atoms with van der Waals surface area (Å²) >= 11 is 0. The average molecular weight is 446 g/mol. The maximum Gasteiger partial charge on any atom is 0.240 e. The van der Waals surface area contributed by atoms with Gasteiger partial charge < -0.3 is 10.1 Å². The lowest BCUT2D eigenvalue weighted by Gasteiger charge is -2.33. The van der Waals surface area contributed by atoms with Crippen molar-refractivity contribution in [2.75, 3.05) is 38.1 Å². The van der Waals surface area contributed by atoms with Crippen molar-refractivity contribution >= 4 is 21.6 Å². The van der Waals surface area contributed by atoms with Crippen molar-refractivity contribution in [3.05, 3.63) is 60.2 Å². The number of carbonyl (C=O) groups excluding carboxylic acids is 1. The molecule has 0 bridgehead atoms. The zero-order valence-corrected chi connectivity index (χ0v) is 18.7. The second-order valence-corrected chi connectivity index (χ2v) is 9.41. The van der Waals surface area contributed by atoms with Crippen LogP contribution in [0.5, 0.6) is 0 Å². The van der Waals surface area contributed by atoms with Crippen LogP contribution in [0, 0.1) is 0 Å². The van der Waals surface area contributed by atoms with Gasteiger partial charge >= 0.3 is 0 Å². The first-order chi connectivity index (χ1) is 15.0. The quantitative estimate of drug-likeness (QED) is 0.549. The SMILES string of the molecule is CCCC(=O)Nc1ccc(S(=O)(=O)NCCCN2CCOC(c3ccccc3)C2)cc1. The maximum atomic E-state index is 12.5. The number of nitrogens with one attached hydrogen (secondary N) is 2. The van der Waals surface area contributed by atoms with Crippen molar-refractivity contribution in [3.8, 4) is 0 Å². The second kappa shape index (κ2) is 11.4. The van der Waals surface area contributed by atoms with Gasteiger partial charge in [0, 0.05) is 31.7 Å². The number of benzene rings is 2. The van der Waals surface area contributed by atoms with E-state index < -0.39 is 10.0 Å². The molecule has 1 aliphatic heterocycles. The Kier molecular flexibility index (Phi) is 8.60. The molecule has 1 aliphatic rings. The second-order valence-electron chi connectivity index (χ2n) is 7.64. The van der Waals surface area contributed by atoms with Crippen LogP contribution in [0.25, 0.3) is 0 Å². The Hall–Kier alpha value is -2.26.